The highest BCUT2D eigenvalue weighted by Gasteiger charge is 2.48. The summed E-state index contributed by atoms with van der Waals surface area (Å²) >= 11 is 1.66. The third-order valence-corrected chi connectivity index (χ3v) is 28.3. The predicted octanol–water partition coefficient (Wildman–Crippen LogP) is 14.2. The Bertz CT molecular complexity index is 1720. The molecule has 0 aliphatic heterocycles. The predicted molar refractivity (Wildman–Crippen MR) is 259 cm³/mol. The Morgan fingerprint density at radius 2 is 1.38 bits per heavy atom. The first-order chi connectivity index (χ1) is 26.1. The molecule has 0 fully saturated rings. The van der Waals surface area contributed by atoms with Crippen molar-refractivity contribution in [3.8, 4) is 0 Å². The van der Waals surface area contributed by atoms with Gasteiger partial charge in [0.1, 0.15) is 5.78 Å². The first-order valence-corrected chi connectivity index (χ1v) is 31.3. The molecule has 0 amide bonds. The van der Waals surface area contributed by atoms with Crippen LogP contribution in [-0.2, 0) is 18.1 Å². The number of hydrogen-bond donors (Lipinski definition) is 1. The molecule has 1 aromatic carbocycles. The van der Waals surface area contributed by atoms with Crippen LogP contribution in [0.5, 0.6) is 0 Å². The minimum Gasteiger partial charge on any atom is -0.417 e. The number of Topliss-reactive ketones (excluding diaryl/α,β-unsaturated/α-hetero) is 1. The number of thiazole rings is 1. The number of hydrogen-bond acceptors (Lipinski definition) is 7. The average Bonchev–Trinajstić information content (AvgIpc) is 3.50. The van der Waals surface area contributed by atoms with Gasteiger partial charge < -0.3 is 18.4 Å². The van der Waals surface area contributed by atoms with Crippen molar-refractivity contribution in [2.45, 2.75) is 202 Å². The number of aliphatic hydroxyl groups excluding tert-OH is 1. The van der Waals surface area contributed by atoms with Gasteiger partial charge in [-0.2, -0.15) is 0 Å². The molecule has 2 aromatic rings. The molecule has 0 bridgehead atoms. The molecule has 0 saturated heterocycles. The lowest BCUT2D eigenvalue weighted by Gasteiger charge is -2.45. The lowest BCUT2D eigenvalue weighted by atomic mass is 9.72. The van der Waals surface area contributed by atoms with Crippen LogP contribution in [0.2, 0.25) is 54.4 Å². The van der Waals surface area contributed by atoms with Crippen LogP contribution >= 0.6 is 11.3 Å². The van der Waals surface area contributed by atoms with Crippen LogP contribution in [0, 0.1) is 18.3 Å². The molecule has 10 heteroatoms. The van der Waals surface area contributed by atoms with Gasteiger partial charge in [-0.1, -0.05) is 120 Å². The van der Waals surface area contributed by atoms with Crippen LogP contribution in [0.4, 0.5) is 0 Å². The fraction of sp³-hybridized carbons (Fsp3) is 0.708. The summed E-state index contributed by atoms with van der Waals surface area (Å²) < 4.78 is 20.8. The van der Waals surface area contributed by atoms with E-state index in [0.717, 1.165) is 33.8 Å². The molecule has 1 aromatic heterocycles. The monoisotopic (exact) mass is 872 g/mol. The Hall–Kier alpha value is -1.51. The zero-order valence-electron chi connectivity index (χ0n) is 41.0. The van der Waals surface area contributed by atoms with E-state index >= 15 is 0 Å². The Labute approximate surface area is 363 Å². The van der Waals surface area contributed by atoms with Gasteiger partial charge in [-0.25, -0.2) is 4.98 Å². The molecule has 58 heavy (non-hydrogen) atoms. The van der Waals surface area contributed by atoms with Gasteiger partial charge in [0.25, 0.3) is 0 Å². The number of aromatic nitrogens is 1. The molecule has 0 spiro atoms. The number of ketones is 1. The number of benzene rings is 1. The third kappa shape index (κ3) is 13.7. The quantitative estimate of drug-likeness (QED) is 0.142. The van der Waals surface area contributed by atoms with Crippen molar-refractivity contribution in [2.24, 2.45) is 11.3 Å². The Morgan fingerprint density at radius 3 is 1.88 bits per heavy atom. The zero-order valence-corrected chi connectivity index (χ0v) is 44.8. The first-order valence-electron chi connectivity index (χ1n) is 21.6. The Morgan fingerprint density at radius 1 is 0.845 bits per heavy atom. The average molecular weight is 873 g/mol. The normalized spacial score (nSPS) is 17.2. The van der Waals surface area contributed by atoms with Crippen LogP contribution < -0.4 is 0 Å². The van der Waals surface area contributed by atoms with Gasteiger partial charge in [-0.05, 0) is 116 Å². The van der Waals surface area contributed by atoms with Gasteiger partial charge in [0.05, 0.1) is 29.0 Å². The largest absolute Gasteiger partial charge is 0.417 e. The van der Waals surface area contributed by atoms with Crippen LogP contribution in [-0.4, -0.2) is 65.7 Å². The lowest BCUT2D eigenvalue weighted by Crippen LogP contribution is -2.52. The van der Waals surface area contributed by atoms with E-state index in [1.165, 1.54) is 5.57 Å². The maximum atomic E-state index is 14.6. The zero-order chi connectivity index (χ0) is 45.0. The van der Waals surface area contributed by atoms with Gasteiger partial charge in [0.15, 0.2) is 25.0 Å². The minimum absolute atomic E-state index is 0.0170. The molecule has 0 aliphatic rings. The number of nitrogens with zero attached hydrogens (tertiary/aromatic N) is 1. The first kappa shape index (κ1) is 52.6. The summed E-state index contributed by atoms with van der Waals surface area (Å²) in [5.74, 6) is -0.827. The van der Waals surface area contributed by atoms with Gasteiger partial charge >= 0.3 is 0 Å². The van der Waals surface area contributed by atoms with E-state index in [2.05, 4.69) is 162 Å². The van der Waals surface area contributed by atoms with Crippen molar-refractivity contribution in [1.29, 1.82) is 0 Å². The fourth-order valence-corrected chi connectivity index (χ4v) is 10.8. The highest BCUT2D eigenvalue weighted by atomic mass is 32.1. The van der Waals surface area contributed by atoms with Crippen molar-refractivity contribution in [1.82, 2.24) is 4.98 Å². The van der Waals surface area contributed by atoms with Crippen LogP contribution in [0.25, 0.3) is 11.6 Å². The molecular weight excluding hydrogens is 787 g/mol. The van der Waals surface area contributed by atoms with E-state index in [9.17, 15) is 9.90 Å². The van der Waals surface area contributed by atoms with Gasteiger partial charge in [0.2, 0.25) is 0 Å². The number of rotatable bonds is 19. The van der Waals surface area contributed by atoms with E-state index in [-0.39, 0.29) is 39.0 Å². The van der Waals surface area contributed by atoms with Gasteiger partial charge in [-0.15, -0.1) is 11.3 Å². The number of allylic oxidation sites excluding steroid dienone is 1. The van der Waals surface area contributed by atoms with Crippen LogP contribution in [0.1, 0.15) is 144 Å². The van der Waals surface area contributed by atoms with Crippen molar-refractivity contribution < 1.29 is 23.2 Å². The van der Waals surface area contributed by atoms with Crippen molar-refractivity contribution in [2.75, 3.05) is 6.61 Å². The molecule has 5 atom stereocenters. The molecule has 0 aliphatic carbocycles. The minimum atomic E-state index is -2.24. The van der Waals surface area contributed by atoms with E-state index in [1.54, 1.807) is 11.3 Å². The third-order valence-electron chi connectivity index (χ3n) is 14.0. The number of carbonyl (C=O) groups excluding carboxylic acids is 1. The summed E-state index contributed by atoms with van der Waals surface area (Å²) in [7, 11) is -6.30. The van der Waals surface area contributed by atoms with Gasteiger partial charge in [-0.3, -0.25) is 4.79 Å². The molecule has 330 valence electrons. The lowest BCUT2D eigenvalue weighted by molar-refractivity contribution is -0.140. The summed E-state index contributed by atoms with van der Waals surface area (Å²) in [5.41, 5.74) is 4.59. The van der Waals surface area contributed by atoms with Gasteiger partial charge in [0, 0.05) is 29.2 Å². The summed E-state index contributed by atoms with van der Waals surface area (Å²) in [6.45, 7) is 48.8. The topological polar surface area (TPSA) is 77.9 Å². The van der Waals surface area contributed by atoms with Crippen molar-refractivity contribution in [3.05, 3.63) is 63.1 Å². The second kappa shape index (κ2) is 19.7. The van der Waals surface area contributed by atoms with E-state index in [4.69, 9.17) is 13.3 Å². The van der Waals surface area contributed by atoms with E-state index in [0.29, 0.717) is 13.0 Å². The molecule has 1 heterocycles. The second-order valence-corrected chi connectivity index (χ2v) is 37.6. The maximum Gasteiger partial charge on any atom is 0.192 e. The molecule has 1 N–H and O–H groups in total. The van der Waals surface area contributed by atoms with E-state index in [1.807, 2.05) is 34.6 Å². The van der Waals surface area contributed by atoms with E-state index < -0.39 is 42.4 Å². The summed E-state index contributed by atoms with van der Waals surface area (Å²) in [4.78, 5) is 19.3. The number of aliphatic hydroxyl groups is 1. The number of carbonyl (C=O) groups is 1. The molecule has 0 radical (unpaired) electrons. The standard InChI is InChI=1S/C48H85NO5SSi3/c1-33(26-27-41(53-57(19,20)46(9,10)11)34(2)30-40-32-55-37(5)49-40)38-24-23-25-39(31-38)35(3)43(50)36(4)44(51)48(15,16)42(54-58(21,22)47(12,13)14)28-29-52-56(17,18)45(6,7)8/h23-26,30-32,35-36,41-43,50H,27-29H2,1-22H3/b33-26+,34-30+/t35-,36-,41-,42-,43+/m0/s1. The summed E-state index contributed by atoms with van der Waals surface area (Å²) in [6, 6.07) is 8.44. The molecule has 6 nitrogen and oxygen atoms in total. The van der Waals surface area contributed by atoms with Crippen LogP contribution in [0.3, 0.4) is 0 Å². The van der Waals surface area contributed by atoms with Crippen molar-refractivity contribution in [3.63, 3.8) is 0 Å². The molecule has 0 saturated carbocycles. The highest BCUT2D eigenvalue weighted by molar-refractivity contribution is 7.09. The SMILES string of the molecule is C/C(=C\C[C@H](O[Si](C)(C)C(C)(C)C)/C(C)=C/c1csc(C)n1)c1cccc([C@H](C)[C@@H](O)[C@H](C)C(=O)C(C)(C)[C@H](CCO[Si](C)(C)C(C)(C)C)O[Si](C)(C)C(C)(C)C)c1. The fourth-order valence-electron chi connectivity index (χ4n) is 6.37. The van der Waals surface area contributed by atoms with Crippen molar-refractivity contribution >= 4 is 53.7 Å². The Balaban J connectivity index is 2.38. The Kier molecular flexibility index (Phi) is 17.9. The summed E-state index contributed by atoms with van der Waals surface area (Å²) in [6.07, 6.45) is 4.56. The summed E-state index contributed by atoms with van der Waals surface area (Å²) in [5, 5.41) is 15.3. The molecular formula is C48H85NO5SSi3. The second-order valence-electron chi connectivity index (χ2n) is 22.2. The number of aryl methyl sites for hydroxylation is 1. The molecule has 2 rings (SSSR count). The molecule has 0 unspecified atom stereocenters. The van der Waals surface area contributed by atoms with Crippen LogP contribution in [0.15, 0.2) is 41.3 Å². The smallest absolute Gasteiger partial charge is 0.192 e. The highest BCUT2D eigenvalue weighted by Crippen LogP contribution is 2.43. The maximum absolute atomic E-state index is 14.6.